The van der Waals surface area contributed by atoms with Gasteiger partial charge in [-0.25, -0.2) is 0 Å². The van der Waals surface area contributed by atoms with Gasteiger partial charge in [0.15, 0.2) is 0 Å². The summed E-state index contributed by atoms with van der Waals surface area (Å²) in [7, 11) is 1.72. The average Bonchev–Trinajstić information content (AvgIpc) is 2.59. The van der Waals surface area contributed by atoms with Crippen molar-refractivity contribution in [2.45, 2.75) is 32.2 Å². The van der Waals surface area contributed by atoms with Crippen molar-refractivity contribution < 1.29 is 4.74 Å². The van der Waals surface area contributed by atoms with Crippen molar-refractivity contribution in [3.63, 3.8) is 0 Å². The van der Waals surface area contributed by atoms with Crippen LogP contribution in [0.4, 0.5) is 0 Å². The van der Waals surface area contributed by atoms with Crippen LogP contribution in [0.5, 0.6) is 5.75 Å². The van der Waals surface area contributed by atoms with E-state index in [1.165, 1.54) is 16.7 Å². The van der Waals surface area contributed by atoms with Crippen molar-refractivity contribution in [2.75, 3.05) is 7.11 Å². The SMILES string of the molecule is CCc1c(OC)ccc2c1[C@@H](N)CC2. The largest absolute Gasteiger partial charge is 0.496 e. The normalized spacial score (nSPS) is 19.5. The fraction of sp³-hybridized carbons (Fsp3) is 0.500. The molecule has 0 heterocycles. The van der Waals surface area contributed by atoms with Crippen molar-refractivity contribution in [3.8, 4) is 5.75 Å². The third-order valence-electron chi connectivity index (χ3n) is 3.07. The molecule has 1 aliphatic carbocycles. The van der Waals surface area contributed by atoms with Crippen LogP contribution in [0.2, 0.25) is 0 Å². The van der Waals surface area contributed by atoms with E-state index in [9.17, 15) is 0 Å². The summed E-state index contributed by atoms with van der Waals surface area (Å²) in [6.07, 6.45) is 3.20. The van der Waals surface area contributed by atoms with Crippen molar-refractivity contribution in [3.05, 3.63) is 28.8 Å². The van der Waals surface area contributed by atoms with Gasteiger partial charge < -0.3 is 10.5 Å². The van der Waals surface area contributed by atoms with E-state index in [0.29, 0.717) is 0 Å². The first-order valence-corrected chi connectivity index (χ1v) is 5.22. The van der Waals surface area contributed by atoms with Crippen LogP contribution in [0, 0.1) is 0 Å². The molecule has 1 aliphatic rings. The maximum atomic E-state index is 6.09. The molecule has 0 fully saturated rings. The summed E-state index contributed by atoms with van der Waals surface area (Å²) in [5, 5.41) is 0. The summed E-state index contributed by atoms with van der Waals surface area (Å²) in [6.45, 7) is 2.16. The Balaban J connectivity index is 2.57. The zero-order chi connectivity index (χ0) is 10.1. The van der Waals surface area contributed by atoms with Gasteiger partial charge in [-0.15, -0.1) is 0 Å². The minimum absolute atomic E-state index is 0.218. The standard InChI is InChI=1S/C12H17NO/c1-3-9-11(14-2)7-5-8-4-6-10(13)12(8)9/h5,7,10H,3-4,6,13H2,1-2H3/t10-/m0/s1. The molecule has 0 amide bonds. The summed E-state index contributed by atoms with van der Waals surface area (Å²) in [4.78, 5) is 0. The minimum Gasteiger partial charge on any atom is -0.496 e. The Bertz CT molecular complexity index is 346. The lowest BCUT2D eigenvalue weighted by atomic mass is 9.98. The first-order chi connectivity index (χ1) is 6.77. The molecule has 76 valence electrons. The number of ether oxygens (including phenoxy) is 1. The second-order valence-corrected chi connectivity index (χ2v) is 3.82. The lowest BCUT2D eigenvalue weighted by Gasteiger charge is -2.14. The second-order valence-electron chi connectivity index (χ2n) is 3.82. The molecule has 0 aliphatic heterocycles. The summed E-state index contributed by atoms with van der Waals surface area (Å²) in [5.74, 6) is 0.989. The molecule has 2 nitrogen and oxygen atoms in total. The quantitative estimate of drug-likeness (QED) is 0.777. The predicted octanol–water partition coefficient (Wildman–Crippen LogP) is 2.20. The highest BCUT2D eigenvalue weighted by Crippen LogP contribution is 2.36. The zero-order valence-corrected chi connectivity index (χ0v) is 8.84. The number of hydrogen-bond acceptors (Lipinski definition) is 2. The molecule has 0 aromatic heterocycles. The Kier molecular flexibility index (Phi) is 2.46. The number of benzene rings is 1. The first kappa shape index (κ1) is 9.53. The topological polar surface area (TPSA) is 35.2 Å². The summed E-state index contributed by atoms with van der Waals surface area (Å²) in [6, 6.07) is 4.44. The zero-order valence-electron chi connectivity index (χ0n) is 8.84. The van der Waals surface area contributed by atoms with Gasteiger partial charge in [0.2, 0.25) is 0 Å². The number of methoxy groups -OCH3 is 1. The second kappa shape index (κ2) is 3.62. The van der Waals surface area contributed by atoms with Crippen LogP contribution in [-0.2, 0) is 12.8 Å². The Morgan fingerprint density at radius 3 is 2.93 bits per heavy atom. The van der Waals surface area contributed by atoms with E-state index >= 15 is 0 Å². The fourth-order valence-corrected chi connectivity index (χ4v) is 2.38. The van der Waals surface area contributed by atoms with Gasteiger partial charge in [0.25, 0.3) is 0 Å². The summed E-state index contributed by atoms with van der Waals surface area (Å²) >= 11 is 0. The van der Waals surface area contributed by atoms with Crippen LogP contribution in [0.1, 0.15) is 36.1 Å². The van der Waals surface area contributed by atoms with Crippen molar-refractivity contribution >= 4 is 0 Å². The van der Waals surface area contributed by atoms with Crippen LogP contribution in [0.3, 0.4) is 0 Å². The van der Waals surface area contributed by atoms with Crippen LogP contribution in [-0.4, -0.2) is 7.11 Å². The highest BCUT2D eigenvalue weighted by molar-refractivity contribution is 5.49. The van der Waals surface area contributed by atoms with Gasteiger partial charge >= 0.3 is 0 Å². The smallest absolute Gasteiger partial charge is 0.122 e. The van der Waals surface area contributed by atoms with E-state index in [1.54, 1.807) is 7.11 Å². The lowest BCUT2D eigenvalue weighted by Crippen LogP contribution is -2.09. The molecule has 0 spiro atoms. The Morgan fingerprint density at radius 2 is 2.29 bits per heavy atom. The Morgan fingerprint density at radius 1 is 1.50 bits per heavy atom. The van der Waals surface area contributed by atoms with Crippen LogP contribution >= 0.6 is 0 Å². The van der Waals surface area contributed by atoms with Crippen LogP contribution in [0.15, 0.2) is 12.1 Å². The Labute approximate surface area is 85.1 Å². The third kappa shape index (κ3) is 1.30. The minimum atomic E-state index is 0.218. The maximum absolute atomic E-state index is 6.09. The van der Waals surface area contributed by atoms with Gasteiger partial charge in [0.05, 0.1) is 7.11 Å². The van der Waals surface area contributed by atoms with Gasteiger partial charge in [0, 0.05) is 6.04 Å². The fourth-order valence-electron chi connectivity index (χ4n) is 2.38. The summed E-state index contributed by atoms with van der Waals surface area (Å²) < 4.78 is 5.35. The van der Waals surface area contributed by atoms with Crippen molar-refractivity contribution in [1.82, 2.24) is 0 Å². The molecule has 2 N–H and O–H groups in total. The number of hydrogen-bond donors (Lipinski definition) is 1. The molecule has 1 aromatic rings. The van der Waals surface area contributed by atoms with E-state index in [1.807, 2.05) is 0 Å². The molecule has 0 saturated carbocycles. The van der Waals surface area contributed by atoms with Gasteiger partial charge in [0.1, 0.15) is 5.75 Å². The Hall–Kier alpha value is -1.02. The van der Waals surface area contributed by atoms with E-state index < -0.39 is 0 Å². The van der Waals surface area contributed by atoms with Crippen LogP contribution in [0.25, 0.3) is 0 Å². The van der Waals surface area contributed by atoms with E-state index in [4.69, 9.17) is 10.5 Å². The monoisotopic (exact) mass is 191 g/mol. The van der Waals surface area contributed by atoms with Gasteiger partial charge in [-0.2, -0.15) is 0 Å². The molecule has 2 heteroatoms. The van der Waals surface area contributed by atoms with Gasteiger partial charge in [-0.3, -0.25) is 0 Å². The van der Waals surface area contributed by atoms with Gasteiger partial charge in [-0.05, 0) is 42.0 Å². The highest BCUT2D eigenvalue weighted by Gasteiger charge is 2.23. The molecule has 14 heavy (non-hydrogen) atoms. The molecule has 0 radical (unpaired) electrons. The number of aryl methyl sites for hydroxylation is 1. The molecule has 0 bridgehead atoms. The summed E-state index contributed by atoms with van der Waals surface area (Å²) in [5.41, 5.74) is 10.1. The van der Waals surface area contributed by atoms with Crippen molar-refractivity contribution in [2.24, 2.45) is 5.73 Å². The number of fused-ring (bicyclic) bond motifs is 1. The van der Waals surface area contributed by atoms with E-state index in [-0.39, 0.29) is 6.04 Å². The van der Waals surface area contributed by atoms with E-state index in [2.05, 4.69) is 19.1 Å². The molecule has 1 atom stereocenters. The van der Waals surface area contributed by atoms with Gasteiger partial charge in [-0.1, -0.05) is 13.0 Å². The first-order valence-electron chi connectivity index (χ1n) is 5.22. The predicted molar refractivity (Wildman–Crippen MR) is 57.6 cm³/mol. The molecular weight excluding hydrogens is 174 g/mol. The molecule has 1 aromatic carbocycles. The third-order valence-corrected chi connectivity index (χ3v) is 3.07. The average molecular weight is 191 g/mol. The van der Waals surface area contributed by atoms with E-state index in [0.717, 1.165) is 25.0 Å². The number of rotatable bonds is 2. The van der Waals surface area contributed by atoms with Crippen molar-refractivity contribution in [1.29, 1.82) is 0 Å². The molecule has 0 saturated heterocycles. The lowest BCUT2D eigenvalue weighted by molar-refractivity contribution is 0.409. The molecule has 2 rings (SSSR count). The molecular formula is C12H17NO. The number of nitrogens with two attached hydrogens (primary N) is 1. The highest BCUT2D eigenvalue weighted by atomic mass is 16.5. The van der Waals surface area contributed by atoms with Crippen LogP contribution < -0.4 is 10.5 Å². The maximum Gasteiger partial charge on any atom is 0.122 e. The molecule has 0 unspecified atom stereocenters.